The molecule has 104 valence electrons. The third-order valence-corrected chi connectivity index (χ3v) is 3.09. The van der Waals surface area contributed by atoms with E-state index in [-0.39, 0.29) is 30.6 Å². The van der Waals surface area contributed by atoms with E-state index >= 15 is 0 Å². The molecule has 3 N–H and O–H groups in total. The van der Waals surface area contributed by atoms with Gasteiger partial charge in [0.1, 0.15) is 0 Å². The van der Waals surface area contributed by atoms with Gasteiger partial charge in [-0.3, -0.25) is 4.79 Å². The van der Waals surface area contributed by atoms with E-state index in [0.29, 0.717) is 5.39 Å². The number of aliphatic hydroxyl groups excluding tert-OH is 1. The molecule has 2 rings (SSSR count). The second kappa shape index (κ2) is 7.28. The molecule has 5 heteroatoms. The zero-order chi connectivity index (χ0) is 13.0. The highest BCUT2D eigenvalue weighted by Gasteiger charge is 2.10. The van der Waals surface area contributed by atoms with Crippen molar-refractivity contribution >= 4 is 23.2 Å². The van der Waals surface area contributed by atoms with Crippen LogP contribution in [0.25, 0.3) is 10.8 Å². The van der Waals surface area contributed by atoms with E-state index in [1.165, 1.54) is 0 Å². The zero-order valence-corrected chi connectivity index (χ0v) is 11.7. The molecule has 0 spiro atoms. The average Bonchev–Trinajstić information content (AvgIpc) is 2.39. The predicted octanol–water partition coefficient (Wildman–Crippen LogP) is 1.98. The lowest BCUT2D eigenvalue weighted by Gasteiger charge is -2.15. The van der Waals surface area contributed by atoms with Crippen molar-refractivity contribution in [2.75, 3.05) is 13.2 Å². The maximum atomic E-state index is 11.7. The van der Waals surface area contributed by atoms with E-state index in [1.807, 2.05) is 24.3 Å². The molecule has 1 aromatic carbocycles. The quantitative estimate of drug-likeness (QED) is 0.735. The number of nitrogens with one attached hydrogen (secondary N) is 2. The summed E-state index contributed by atoms with van der Waals surface area (Å²) in [6, 6.07) is 7.73. The van der Waals surface area contributed by atoms with Crippen LogP contribution < -0.4 is 10.9 Å². The molecule has 1 aromatic heterocycles. The molecule has 2 aromatic rings. The number of fused-ring (bicyclic) bond motifs is 1. The van der Waals surface area contributed by atoms with E-state index in [4.69, 9.17) is 5.11 Å². The Balaban J connectivity index is 0.00000180. The maximum Gasteiger partial charge on any atom is 0.255 e. The molecule has 19 heavy (non-hydrogen) atoms. The molecule has 4 nitrogen and oxygen atoms in total. The third kappa shape index (κ3) is 3.56. The molecule has 0 aliphatic heterocycles. The number of hydrogen-bond acceptors (Lipinski definition) is 3. The fourth-order valence-electron chi connectivity index (χ4n) is 2.10. The fourth-order valence-corrected chi connectivity index (χ4v) is 2.10. The summed E-state index contributed by atoms with van der Waals surface area (Å²) in [4.78, 5) is 14.5. The minimum atomic E-state index is -0.0584. The Morgan fingerprint density at radius 1 is 1.32 bits per heavy atom. The second-order valence-electron chi connectivity index (χ2n) is 4.37. The number of aromatic amines is 1. The van der Waals surface area contributed by atoms with Crippen molar-refractivity contribution in [1.29, 1.82) is 0 Å². The van der Waals surface area contributed by atoms with Gasteiger partial charge in [0, 0.05) is 24.2 Å². The Labute approximate surface area is 118 Å². The molecule has 1 unspecified atom stereocenters. The van der Waals surface area contributed by atoms with Crippen molar-refractivity contribution < 1.29 is 5.11 Å². The molecule has 1 heterocycles. The Morgan fingerprint density at radius 3 is 2.68 bits per heavy atom. The number of halogens is 1. The van der Waals surface area contributed by atoms with Crippen LogP contribution in [0, 0.1) is 0 Å². The van der Waals surface area contributed by atoms with Crippen LogP contribution in [0.4, 0.5) is 0 Å². The van der Waals surface area contributed by atoms with Crippen molar-refractivity contribution in [3.8, 4) is 0 Å². The molecule has 0 bridgehead atoms. The molecule has 0 saturated heterocycles. The van der Waals surface area contributed by atoms with Crippen LogP contribution in [0.15, 0.2) is 35.3 Å². The van der Waals surface area contributed by atoms with Gasteiger partial charge in [0.05, 0.1) is 0 Å². The van der Waals surface area contributed by atoms with E-state index < -0.39 is 0 Å². The van der Waals surface area contributed by atoms with Gasteiger partial charge in [-0.25, -0.2) is 0 Å². The number of hydrogen-bond donors (Lipinski definition) is 3. The first-order valence-electron chi connectivity index (χ1n) is 6.18. The fraction of sp³-hybridized carbons (Fsp3) is 0.357. The highest BCUT2D eigenvalue weighted by Crippen LogP contribution is 2.20. The van der Waals surface area contributed by atoms with Crippen LogP contribution >= 0.6 is 12.4 Å². The number of aromatic nitrogens is 1. The van der Waals surface area contributed by atoms with E-state index in [0.717, 1.165) is 23.9 Å². The molecular formula is C14H19ClN2O2. The Morgan fingerprint density at radius 2 is 2.00 bits per heavy atom. The van der Waals surface area contributed by atoms with Crippen LogP contribution in [0.3, 0.4) is 0 Å². The summed E-state index contributed by atoms with van der Waals surface area (Å²) in [6.07, 6.45) is 2.49. The van der Waals surface area contributed by atoms with Gasteiger partial charge in [-0.05, 0) is 36.9 Å². The van der Waals surface area contributed by atoms with Gasteiger partial charge >= 0.3 is 0 Å². The normalized spacial score (nSPS) is 12.1. The number of pyridine rings is 1. The highest BCUT2D eigenvalue weighted by molar-refractivity contribution is 5.85. The smallest absolute Gasteiger partial charge is 0.255 e. The molecule has 1 atom stereocenters. The summed E-state index contributed by atoms with van der Waals surface area (Å²) in [6.45, 7) is 2.99. The van der Waals surface area contributed by atoms with Gasteiger partial charge in [0.25, 0.3) is 5.56 Å². The van der Waals surface area contributed by atoms with Crippen LogP contribution in [0.1, 0.15) is 24.9 Å². The molecule has 0 amide bonds. The summed E-state index contributed by atoms with van der Waals surface area (Å²) >= 11 is 0. The lowest BCUT2D eigenvalue weighted by atomic mass is 10.0. The first-order chi connectivity index (χ1) is 8.74. The molecular weight excluding hydrogens is 264 g/mol. The van der Waals surface area contributed by atoms with Gasteiger partial charge in [0.2, 0.25) is 0 Å². The summed E-state index contributed by atoms with van der Waals surface area (Å²) < 4.78 is 0. The summed E-state index contributed by atoms with van der Waals surface area (Å²) in [5.74, 6) is 0. The Kier molecular flexibility index (Phi) is 6.02. The van der Waals surface area contributed by atoms with Gasteiger partial charge in [-0.15, -0.1) is 12.4 Å². The number of aliphatic hydroxyl groups is 1. The molecule has 0 radical (unpaired) electrons. The summed E-state index contributed by atoms with van der Waals surface area (Å²) in [7, 11) is 0. The van der Waals surface area contributed by atoms with Gasteiger partial charge in [-0.1, -0.05) is 18.2 Å². The number of rotatable bonds is 5. The topological polar surface area (TPSA) is 65.1 Å². The molecule has 0 aliphatic rings. The largest absolute Gasteiger partial charge is 0.396 e. The van der Waals surface area contributed by atoms with Crippen molar-refractivity contribution in [1.82, 2.24) is 10.3 Å². The standard InChI is InChI=1S/C14H18N2O2.ClH/c1-10(15-7-4-8-17)13-9-16-14(18)12-6-3-2-5-11(12)13;/h2-3,5-6,9-10,15,17H,4,7-8H2,1H3,(H,16,18);1H. The van der Waals surface area contributed by atoms with Crippen LogP contribution in [-0.2, 0) is 0 Å². The highest BCUT2D eigenvalue weighted by atomic mass is 35.5. The first kappa shape index (κ1) is 15.7. The molecule has 0 aliphatic carbocycles. The lowest BCUT2D eigenvalue weighted by molar-refractivity contribution is 0.284. The zero-order valence-electron chi connectivity index (χ0n) is 10.8. The van der Waals surface area contributed by atoms with Crippen molar-refractivity contribution in [2.45, 2.75) is 19.4 Å². The van der Waals surface area contributed by atoms with Crippen molar-refractivity contribution in [3.63, 3.8) is 0 Å². The molecule has 0 fully saturated rings. The van der Waals surface area contributed by atoms with E-state index in [9.17, 15) is 4.79 Å². The minimum absolute atomic E-state index is 0. The van der Waals surface area contributed by atoms with E-state index in [2.05, 4.69) is 17.2 Å². The van der Waals surface area contributed by atoms with Crippen LogP contribution in [0.2, 0.25) is 0 Å². The monoisotopic (exact) mass is 282 g/mol. The van der Waals surface area contributed by atoms with Gasteiger partial charge < -0.3 is 15.4 Å². The van der Waals surface area contributed by atoms with Crippen LogP contribution in [-0.4, -0.2) is 23.2 Å². The van der Waals surface area contributed by atoms with Gasteiger partial charge in [-0.2, -0.15) is 0 Å². The second-order valence-corrected chi connectivity index (χ2v) is 4.37. The van der Waals surface area contributed by atoms with Crippen molar-refractivity contribution in [2.24, 2.45) is 0 Å². The Hall–Kier alpha value is -1.36. The third-order valence-electron chi connectivity index (χ3n) is 3.09. The average molecular weight is 283 g/mol. The first-order valence-corrected chi connectivity index (χ1v) is 6.18. The molecule has 0 saturated carbocycles. The number of benzene rings is 1. The van der Waals surface area contributed by atoms with E-state index in [1.54, 1.807) is 6.20 Å². The van der Waals surface area contributed by atoms with Gasteiger partial charge in [0.15, 0.2) is 0 Å². The SMILES string of the molecule is CC(NCCCO)c1c[nH]c(=O)c2ccccc12.Cl. The lowest BCUT2D eigenvalue weighted by Crippen LogP contribution is -2.22. The maximum absolute atomic E-state index is 11.7. The Bertz CT molecular complexity index is 583. The predicted molar refractivity (Wildman–Crippen MR) is 79.9 cm³/mol. The number of H-pyrrole nitrogens is 1. The summed E-state index contributed by atoms with van der Waals surface area (Å²) in [5.41, 5.74) is 1.01. The van der Waals surface area contributed by atoms with Crippen molar-refractivity contribution in [3.05, 3.63) is 46.4 Å². The van der Waals surface area contributed by atoms with Crippen LogP contribution in [0.5, 0.6) is 0 Å². The minimum Gasteiger partial charge on any atom is -0.396 e. The summed E-state index contributed by atoms with van der Waals surface area (Å²) in [5, 5.41) is 13.8.